The van der Waals surface area contributed by atoms with E-state index in [4.69, 9.17) is 22.1 Å². The van der Waals surface area contributed by atoms with E-state index < -0.39 is 5.91 Å². The summed E-state index contributed by atoms with van der Waals surface area (Å²) in [6.45, 7) is 1.76. The zero-order valence-electron chi connectivity index (χ0n) is 13.3. The van der Waals surface area contributed by atoms with E-state index in [9.17, 15) is 9.59 Å². The first kappa shape index (κ1) is 17.8. The number of carbonyl (C=O) groups excluding carboxylic acids is 2. The molecule has 1 atom stereocenters. The van der Waals surface area contributed by atoms with Crippen molar-refractivity contribution in [3.63, 3.8) is 0 Å². The topological polar surface area (TPSA) is 81.4 Å². The van der Waals surface area contributed by atoms with Crippen molar-refractivity contribution in [3.05, 3.63) is 64.7 Å². The number of hydrogen-bond acceptors (Lipinski definition) is 3. The van der Waals surface area contributed by atoms with E-state index in [1.54, 1.807) is 36.4 Å². The Morgan fingerprint density at radius 3 is 2.54 bits per heavy atom. The highest BCUT2D eigenvalue weighted by atomic mass is 35.5. The Kier molecular flexibility index (Phi) is 6.21. The van der Waals surface area contributed by atoms with E-state index >= 15 is 0 Å². The second-order valence-electron chi connectivity index (χ2n) is 5.27. The molecule has 0 aromatic heterocycles. The van der Waals surface area contributed by atoms with Crippen LogP contribution >= 0.6 is 11.6 Å². The Morgan fingerprint density at radius 2 is 1.92 bits per heavy atom. The van der Waals surface area contributed by atoms with E-state index in [-0.39, 0.29) is 18.6 Å². The fraction of sp³-hybridized carbons (Fsp3) is 0.222. The summed E-state index contributed by atoms with van der Waals surface area (Å²) in [5, 5.41) is 3.63. The number of nitrogens with two attached hydrogens (primary N) is 1. The van der Waals surface area contributed by atoms with Crippen molar-refractivity contribution in [2.45, 2.75) is 19.4 Å². The van der Waals surface area contributed by atoms with Crippen LogP contribution in [-0.4, -0.2) is 18.4 Å². The van der Waals surface area contributed by atoms with Gasteiger partial charge in [-0.2, -0.15) is 0 Å². The third kappa shape index (κ3) is 4.99. The summed E-state index contributed by atoms with van der Waals surface area (Å²) < 4.78 is 5.22. The summed E-state index contributed by atoms with van der Waals surface area (Å²) >= 11 is 5.90. The van der Waals surface area contributed by atoms with E-state index in [1.165, 1.54) is 0 Å². The van der Waals surface area contributed by atoms with Gasteiger partial charge in [0.2, 0.25) is 0 Å². The summed E-state index contributed by atoms with van der Waals surface area (Å²) in [4.78, 5) is 23.2. The van der Waals surface area contributed by atoms with Gasteiger partial charge >= 0.3 is 0 Å². The molecule has 2 aromatic rings. The third-order valence-corrected chi connectivity index (χ3v) is 3.72. The second-order valence-corrected chi connectivity index (χ2v) is 5.71. The molecule has 0 spiro atoms. The maximum atomic E-state index is 12.5. The molecule has 2 amide bonds. The first-order valence-corrected chi connectivity index (χ1v) is 7.95. The van der Waals surface area contributed by atoms with Crippen LogP contribution in [0.1, 0.15) is 35.3 Å². The number of carbonyl (C=O) groups is 2. The van der Waals surface area contributed by atoms with Crippen molar-refractivity contribution in [1.29, 1.82) is 0 Å². The van der Waals surface area contributed by atoms with Gasteiger partial charge in [-0.1, -0.05) is 36.7 Å². The molecule has 0 aliphatic heterocycles. The van der Waals surface area contributed by atoms with Crippen LogP contribution in [0.15, 0.2) is 48.5 Å². The molecule has 3 N–H and O–H groups in total. The van der Waals surface area contributed by atoms with Gasteiger partial charge < -0.3 is 15.8 Å². The second kappa shape index (κ2) is 8.36. The Labute approximate surface area is 145 Å². The summed E-state index contributed by atoms with van der Waals surface area (Å²) in [5.41, 5.74) is 6.48. The van der Waals surface area contributed by atoms with Gasteiger partial charge in [0.15, 0.2) is 6.61 Å². The van der Waals surface area contributed by atoms with E-state index in [1.807, 2.05) is 19.1 Å². The first-order valence-electron chi connectivity index (χ1n) is 7.57. The number of nitrogens with one attached hydrogen (secondary N) is 1. The molecule has 0 bridgehead atoms. The van der Waals surface area contributed by atoms with Gasteiger partial charge in [0, 0.05) is 10.6 Å². The Morgan fingerprint density at radius 1 is 1.21 bits per heavy atom. The summed E-state index contributed by atoms with van der Waals surface area (Å²) in [5.74, 6) is -0.374. The number of halogens is 1. The van der Waals surface area contributed by atoms with Crippen LogP contribution in [0.4, 0.5) is 0 Å². The first-order chi connectivity index (χ1) is 11.5. The summed E-state index contributed by atoms with van der Waals surface area (Å²) in [6, 6.07) is 13.9. The molecule has 6 heteroatoms. The molecule has 0 aliphatic rings. The maximum absolute atomic E-state index is 12.5. The van der Waals surface area contributed by atoms with Crippen LogP contribution in [-0.2, 0) is 4.79 Å². The number of hydrogen-bond donors (Lipinski definition) is 2. The zero-order chi connectivity index (χ0) is 17.5. The third-order valence-electron chi connectivity index (χ3n) is 3.46. The van der Waals surface area contributed by atoms with Gasteiger partial charge in [0.25, 0.3) is 11.8 Å². The molecule has 0 fully saturated rings. The molecule has 0 saturated carbocycles. The monoisotopic (exact) mass is 346 g/mol. The molecule has 0 saturated heterocycles. The van der Waals surface area contributed by atoms with Gasteiger partial charge in [-0.3, -0.25) is 9.59 Å². The van der Waals surface area contributed by atoms with Crippen LogP contribution in [0.5, 0.6) is 5.75 Å². The molecule has 0 aliphatic carbocycles. The minimum absolute atomic E-state index is 0.120. The van der Waals surface area contributed by atoms with Gasteiger partial charge in [0.1, 0.15) is 5.75 Å². The lowest BCUT2D eigenvalue weighted by Crippen LogP contribution is -2.28. The van der Waals surface area contributed by atoms with E-state index in [0.29, 0.717) is 16.3 Å². The van der Waals surface area contributed by atoms with Crippen LogP contribution in [0, 0.1) is 0 Å². The van der Waals surface area contributed by atoms with Crippen molar-refractivity contribution in [2.75, 3.05) is 6.61 Å². The molecular weight excluding hydrogens is 328 g/mol. The maximum Gasteiger partial charge on any atom is 0.255 e. The molecule has 5 nitrogen and oxygen atoms in total. The fourth-order valence-corrected chi connectivity index (χ4v) is 2.37. The minimum atomic E-state index is -0.571. The van der Waals surface area contributed by atoms with Gasteiger partial charge in [0.05, 0.1) is 6.04 Å². The lowest BCUT2D eigenvalue weighted by molar-refractivity contribution is -0.119. The quantitative estimate of drug-likeness (QED) is 0.808. The van der Waals surface area contributed by atoms with Gasteiger partial charge in [-0.15, -0.1) is 0 Å². The molecule has 0 heterocycles. The van der Waals surface area contributed by atoms with Gasteiger partial charge in [-0.25, -0.2) is 0 Å². The standard InChI is InChI=1S/C18H19ClN2O3/c1-2-16(12-6-8-14(19)9-7-12)21-18(23)13-4-3-5-15(10-13)24-11-17(20)22/h3-10,16H,2,11H2,1H3,(H2,20,22)(H,21,23). The van der Waals surface area contributed by atoms with Gasteiger partial charge in [-0.05, 0) is 42.3 Å². The predicted molar refractivity (Wildman–Crippen MR) is 93.1 cm³/mol. The normalized spacial score (nSPS) is 11.6. The number of primary amides is 1. The molecule has 2 aromatic carbocycles. The molecule has 2 rings (SSSR count). The summed E-state index contributed by atoms with van der Waals surface area (Å²) in [7, 11) is 0. The van der Waals surface area contributed by atoms with Crippen LogP contribution in [0.25, 0.3) is 0 Å². The SMILES string of the molecule is CCC(NC(=O)c1cccc(OCC(N)=O)c1)c1ccc(Cl)cc1. The Bertz CT molecular complexity index is 716. The molecule has 126 valence electrons. The van der Waals surface area contributed by atoms with Crippen molar-refractivity contribution in [3.8, 4) is 5.75 Å². The van der Waals surface area contributed by atoms with Crippen molar-refractivity contribution >= 4 is 23.4 Å². The van der Waals surface area contributed by atoms with Crippen molar-refractivity contribution in [1.82, 2.24) is 5.32 Å². The highest BCUT2D eigenvalue weighted by Crippen LogP contribution is 2.20. The zero-order valence-corrected chi connectivity index (χ0v) is 14.0. The average molecular weight is 347 g/mol. The Balaban J connectivity index is 2.08. The van der Waals surface area contributed by atoms with E-state index in [0.717, 1.165) is 12.0 Å². The molecule has 1 unspecified atom stereocenters. The number of amides is 2. The molecule has 24 heavy (non-hydrogen) atoms. The molecule has 0 radical (unpaired) electrons. The lowest BCUT2D eigenvalue weighted by Gasteiger charge is -2.18. The number of benzene rings is 2. The van der Waals surface area contributed by atoms with Crippen molar-refractivity contribution in [2.24, 2.45) is 5.73 Å². The number of ether oxygens (including phenoxy) is 1. The lowest BCUT2D eigenvalue weighted by atomic mass is 10.0. The van der Waals surface area contributed by atoms with Crippen LogP contribution < -0.4 is 15.8 Å². The van der Waals surface area contributed by atoms with Crippen molar-refractivity contribution < 1.29 is 14.3 Å². The molecular formula is C18H19ClN2O3. The Hall–Kier alpha value is -2.53. The number of rotatable bonds is 7. The highest BCUT2D eigenvalue weighted by molar-refractivity contribution is 6.30. The largest absolute Gasteiger partial charge is 0.484 e. The highest BCUT2D eigenvalue weighted by Gasteiger charge is 2.14. The predicted octanol–water partition coefficient (Wildman–Crippen LogP) is 3.09. The van der Waals surface area contributed by atoms with E-state index in [2.05, 4.69) is 5.32 Å². The minimum Gasteiger partial charge on any atom is -0.484 e. The van der Waals surface area contributed by atoms with Crippen LogP contribution in [0.2, 0.25) is 5.02 Å². The smallest absolute Gasteiger partial charge is 0.255 e. The summed E-state index contributed by atoms with van der Waals surface area (Å²) in [6.07, 6.45) is 0.741. The van der Waals surface area contributed by atoms with Crippen LogP contribution in [0.3, 0.4) is 0 Å². The average Bonchev–Trinajstić information content (AvgIpc) is 2.59. The fourth-order valence-electron chi connectivity index (χ4n) is 2.24.